The molecular formula is C21H28N2O4. The van der Waals surface area contributed by atoms with Crippen molar-refractivity contribution in [2.75, 3.05) is 13.1 Å². The monoisotopic (exact) mass is 372 g/mol. The first-order valence-electron chi connectivity index (χ1n) is 9.58. The van der Waals surface area contributed by atoms with Gasteiger partial charge in [0.25, 0.3) is 0 Å². The molecule has 2 N–H and O–H groups in total. The van der Waals surface area contributed by atoms with Crippen molar-refractivity contribution in [3.8, 4) is 11.5 Å². The van der Waals surface area contributed by atoms with Crippen molar-refractivity contribution in [3.63, 3.8) is 0 Å². The Hall–Kier alpha value is -2.18. The van der Waals surface area contributed by atoms with Crippen LogP contribution in [0.4, 0.5) is 0 Å². The number of carbonyl (C=O) groups is 1. The summed E-state index contributed by atoms with van der Waals surface area (Å²) in [5.74, 6) is 1.07. The minimum atomic E-state index is -0.815. The summed E-state index contributed by atoms with van der Waals surface area (Å²) in [6.07, 6.45) is 4.41. The summed E-state index contributed by atoms with van der Waals surface area (Å²) in [6.45, 7) is 5.16. The van der Waals surface area contributed by atoms with E-state index in [9.17, 15) is 4.79 Å². The molecule has 1 aromatic carbocycles. The van der Waals surface area contributed by atoms with E-state index in [1.807, 2.05) is 31.2 Å². The average Bonchev–Trinajstić information content (AvgIpc) is 3.01. The largest absolute Gasteiger partial charge is 0.480 e. The van der Waals surface area contributed by atoms with Crippen LogP contribution in [0.15, 0.2) is 28.7 Å². The second kappa shape index (κ2) is 9.15. The van der Waals surface area contributed by atoms with Crippen LogP contribution < -0.4 is 5.32 Å². The zero-order chi connectivity index (χ0) is 19.2. The number of aryl methyl sites for hydroxylation is 2. The normalized spacial score (nSPS) is 19.9. The lowest BCUT2D eigenvalue weighted by Crippen LogP contribution is -2.33. The van der Waals surface area contributed by atoms with Gasteiger partial charge in [-0.3, -0.25) is 4.79 Å². The molecule has 1 aliphatic rings. The van der Waals surface area contributed by atoms with E-state index in [2.05, 4.69) is 17.2 Å². The van der Waals surface area contributed by atoms with E-state index in [4.69, 9.17) is 14.3 Å². The molecule has 0 bridgehead atoms. The highest BCUT2D eigenvalue weighted by Crippen LogP contribution is 2.28. The highest BCUT2D eigenvalue weighted by atomic mass is 16.5. The Morgan fingerprint density at radius 2 is 2.07 bits per heavy atom. The number of benzene rings is 1. The lowest BCUT2D eigenvalue weighted by atomic mass is 9.87. The van der Waals surface area contributed by atoms with Gasteiger partial charge in [-0.2, -0.15) is 0 Å². The number of rotatable bonds is 8. The summed E-state index contributed by atoms with van der Waals surface area (Å²) >= 11 is 0. The third kappa shape index (κ3) is 5.65. The molecule has 0 unspecified atom stereocenters. The number of carboxylic acid groups (broad SMARTS) is 1. The van der Waals surface area contributed by atoms with E-state index in [-0.39, 0.29) is 12.6 Å². The zero-order valence-electron chi connectivity index (χ0n) is 16.0. The molecule has 27 heavy (non-hydrogen) atoms. The first kappa shape index (κ1) is 19.6. The lowest BCUT2D eigenvalue weighted by molar-refractivity contribution is -0.136. The molecule has 0 saturated heterocycles. The average molecular weight is 372 g/mol. The van der Waals surface area contributed by atoms with Crippen molar-refractivity contribution in [2.45, 2.75) is 52.2 Å². The van der Waals surface area contributed by atoms with E-state index in [0.717, 1.165) is 49.2 Å². The van der Waals surface area contributed by atoms with Gasteiger partial charge in [0.1, 0.15) is 11.5 Å². The Labute approximate surface area is 159 Å². The van der Waals surface area contributed by atoms with Gasteiger partial charge in [-0.05, 0) is 57.7 Å². The lowest BCUT2D eigenvalue weighted by Gasteiger charge is -2.29. The first-order valence-corrected chi connectivity index (χ1v) is 9.58. The molecule has 3 rings (SSSR count). The number of nitrogens with one attached hydrogen (secondary N) is 1. The molecule has 1 saturated carbocycles. The van der Waals surface area contributed by atoms with Gasteiger partial charge >= 0.3 is 5.97 Å². The molecule has 1 fully saturated rings. The maximum Gasteiger partial charge on any atom is 0.317 e. The van der Waals surface area contributed by atoms with E-state index >= 15 is 0 Å². The van der Waals surface area contributed by atoms with Crippen LogP contribution >= 0.6 is 0 Å². The number of oxazole rings is 1. The van der Waals surface area contributed by atoms with Crippen LogP contribution in [-0.4, -0.2) is 35.3 Å². The van der Waals surface area contributed by atoms with Gasteiger partial charge in [0.15, 0.2) is 0 Å². The maximum atomic E-state index is 10.6. The van der Waals surface area contributed by atoms with E-state index in [0.29, 0.717) is 18.4 Å². The van der Waals surface area contributed by atoms with Crippen LogP contribution in [0.1, 0.15) is 42.7 Å². The molecule has 146 valence electrons. The van der Waals surface area contributed by atoms with Gasteiger partial charge in [0, 0.05) is 5.56 Å². The molecular weight excluding hydrogens is 344 g/mol. The molecule has 1 aliphatic carbocycles. The topological polar surface area (TPSA) is 84.6 Å². The molecule has 2 aromatic rings. The molecule has 1 aromatic heterocycles. The molecule has 6 heteroatoms. The van der Waals surface area contributed by atoms with Crippen LogP contribution in [0.2, 0.25) is 0 Å². The smallest absolute Gasteiger partial charge is 0.317 e. The molecule has 0 amide bonds. The maximum absolute atomic E-state index is 10.6. The SMILES string of the molecule is Cc1ccc(-c2nc(CO[C@@H]3CCC[C@H](CNCC(=O)O)C3)c(C)o2)cc1. The first-order chi connectivity index (χ1) is 13.0. The second-order valence-corrected chi connectivity index (χ2v) is 7.38. The Bertz CT molecular complexity index is 754. The molecule has 0 aliphatic heterocycles. The minimum Gasteiger partial charge on any atom is -0.480 e. The fourth-order valence-corrected chi connectivity index (χ4v) is 3.54. The van der Waals surface area contributed by atoms with Crippen LogP contribution in [-0.2, 0) is 16.1 Å². The van der Waals surface area contributed by atoms with Gasteiger partial charge in [-0.15, -0.1) is 0 Å². The fraction of sp³-hybridized carbons (Fsp3) is 0.524. The van der Waals surface area contributed by atoms with Crippen molar-refractivity contribution in [1.82, 2.24) is 10.3 Å². The third-order valence-electron chi connectivity index (χ3n) is 5.09. The Morgan fingerprint density at radius 1 is 1.30 bits per heavy atom. The van der Waals surface area contributed by atoms with Crippen molar-refractivity contribution in [3.05, 3.63) is 41.3 Å². The number of aliphatic carboxylic acids is 1. The van der Waals surface area contributed by atoms with Crippen LogP contribution in [0.3, 0.4) is 0 Å². The molecule has 0 radical (unpaired) electrons. The standard InChI is InChI=1S/C21H28N2O4/c1-14-6-8-17(9-7-14)21-23-19(15(2)27-21)13-26-18-5-3-4-16(10-18)11-22-12-20(24)25/h6-9,16,18,22H,3-5,10-13H2,1-2H3,(H,24,25)/t16-,18+/m0/s1. The van der Waals surface area contributed by atoms with Crippen LogP contribution in [0.25, 0.3) is 11.5 Å². The summed E-state index contributed by atoms with van der Waals surface area (Å²) in [5, 5.41) is 11.7. The van der Waals surface area contributed by atoms with Crippen LogP contribution in [0, 0.1) is 19.8 Å². The second-order valence-electron chi connectivity index (χ2n) is 7.38. The molecule has 0 spiro atoms. The number of hydrogen-bond donors (Lipinski definition) is 2. The highest BCUT2D eigenvalue weighted by molar-refractivity contribution is 5.68. The Balaban J connectivity index is 1.52. The minimum absolute atomic E-state index is 0.0158. The predicted octanol–water partition coefficient (Wildman–Crippen LogP) is 3.71. The molecule has 2 atom stereocenters. The molecule has 6 nitrogen and oxygen atoms in total. The molecule has 1 heterocycles. The van der Waals surface area contributed by atoms with Crippen molar-refractivity contribution in [2.24, 2.45) is 5.92 Å². The summed E-state index contributed by atoms with van der Waals surface area (Å²) in [5.41, 5.74) is 3.02. The van der Waals surface area contributed by atoms with Crippen LogP contribution in [0.5, 0.6) is 0 Å². The van der Waals surface area contributed by atoms with Crippen molar-refractivity contribution < 1.29 is 19.1 Å². The number of nitrogens with zero attached hydrogens (tertiary/aromatic N) is 1. The van der Waals surface area contributed by atoms with Gasteiger partial charge in [0.05, 0.1) is 19.3 Å². The van der Waals surface area contributed by atoms with Gasteiger partial charge < -0.3 is 19.6 Å². The number of hydrogen-bond acceptors (Lipinski definition) is 5. The van der Waals surface area contributed by atoms with E-state index < -0.39 is 5.97 Å². The summed E-state index contributed by atoms with van der Waals surface area (Å²) < 4.78 is 11.9. The predicted molar refractivity (Wildman–Crippen MR) is 102 cm³/mol. The van der Waals surface area contributed by atoms with Crippen molar-refractivity contribution >= 4 is 5.97 Å². The van der Waals surface area contributed by atoms with E-state index in [1.165, 1.54) is 5.56 Å². The zero-order valence-corrected chi connectivity index (χ0v) is 16.0. The summed E-state index contributed by atoms with van der Waals surface area (Å²) in [4.78, 5) is 15.2. The third-order valence-corrected chi connectivity index (χ3v) is 5.09. The summed E-state index contributed by atoms with van der Waals surface area (Å²) in [7, 11) is 0. The van der Waals surface area contributed by atoms with Gasteiger partial charge in [-0.1, -0.05) is 24.1 Å². The summed E-state index contributed by atoms with van der Waals surface area (Å²) in [6, 6.07) is 8.12. The van der Waals surface area contributed by atoms with Gasteiger partial charge in [-0.25, -0.2) is 4.98 Å². The Kier molecular flexibility index (Phi) is 6.63. The number of aromatic nitrogens is 1. The van der Waals surface area contributed by atoms with Crippen molar-refractivity contribution in [1.29, 1.82) is 0 Å². The highest BCUT2D eigenvalue weighted by Gasteiger charge is 2.23. The quantitative estimate of drug-likeness (QED) is 0.735. The van der Waals surface area contributed by atoms with E-state index in [1.54, 1.807) is 0 Å². The Morgan fingerprint density at radius 3 is 2.81 bits per heavy atom. The van der Waals surface area contributed by atoms with Gasteiger partial charge in [0.2, 0.25) is 5.89 Å². The number of carboxylic acids is 1. The fourth-order valence-electron chi connectivity index (χ4n) is 3.54. The number of ether oxygens (including phenoxy) is 1.